The van der Waals surface area contributed by atoms with Crippen LogP contribution in [0.1, 0.15) is 42.5 Å². The van der Waals surface area contributed by atoms with E-state index in [1.54, 1.807) is 23.5 Å². The number of likely N-dealkylation sites (N-methyl/N-ethyl adjacent to an activating group) is 1. The third-order valence-corrected chi connectivity index (χ3v) is 7.29. The van der Waals surface area contributed by atoms with Crippen LogP contribution in [0.4, 0.5) is 5.13 Å². The van der Waals surface area contributed by atoms with Gasteiger partial charge in [-0.2, -0.15) is 0 Å². The molecule has 8 nitrogen and oxygen atoms in total. The highest BCUT2D eigenvalue weighted by atomic mass is 32.1. The van der Waals surface area contributed by atoms with Gasteiger partial charge in [0.2, 0.25) is 6.41 Å². The predicted molar refractivity (Wildman–Crippen MR) is 125 cm³/mol. The Balaban J connectivity index is 1.44. The third kappa shape index (κ3) is 4.83. The standard InChI is InChI=1S/C23H29N5O3S/c1-27-11-13-28(14-12-27)22-25-19(15-32-22)17-5-7-18(8-6-17)20(30)26-23(21(31)24-16-29)9-3-2-4-10-23/h5-8,15-16H,2-4,9-14H2,1H3,(H,26,30)(H,24,29,31). The van der Waals surface area contributed by atoms with E-state index < -0.39 is 11.4 Å². The molecule has 32 heavy (non-hydrogen) atoms. The second-order valence-electron chi connectivity index (χ2n) is 8.57. The first kappa shape index (κ1) is 22.4. The van der Waals surface area contributed by atoms with Crippen molar-refractivity contribution in [3.8, 4) is 11.3 Å². The van der Waals surface area contributed by atoms with Gasteiger partial charge in [-0.05, 0) is 32.0 Å². The summed E-state index contributed by atoms with van der Waals surface area (Å²) in [7, 11) is 2.13. The molecule has 170 valence electrons. The average molecular weight is 456 g/mol. The highest BCUT2D eigenvalue weighted by Gasteiger charge is 2.40. The molecule has 1 saturated carbocycles. The zero-order valence-corrected chi connectivity index (χ0v) is 19.1. The van der Waals surface area contributed by atoms with Crippen molar-refractivity contribution in [3.63, 3.8) is 0 Å². The third-order valence-electron chi connectivity index (χ3n) is 6.39. The number of piperazine rings is 1. The Hall–Kier alpha value is -2.78. The van der Waals surface area contributed by atoms with E-state index in [2.05, 4.69) is 27.5 Å². The number of imide groups is 1. The summed E-state index contributed by atoms with van der Waals surface area (Å²) in [6.45, 7) is 4.01. The molecule has 1 aliphatic heterocycles. The highest BCUT2D eigenvalue weighted by molar-refractivity contribution is 7.14. The molecule has 1 saturated heterocycles. The van der Waals surface area contributed by atoms with Gasteiger partial charge >= 0.3 is 0 Å². The summed E-state index contributed by atoms with van der Waals surface area (Å²) in [5, 5.41) is 8.21. The number of aromatic nitrogens is 1. The van der Waals surface area contributed by atoms with Gasteiger partial charge in [0.25, 0.3) is 11.8 Å². The molecule has 1 aromatic heterocycles. The largest absolute Gasteiger partial charge is 0.346 e. The number of anilines is 1. The summed E-state index contributed by atoms with van der Waals surface area (Å²) in [6, 6.07) is 7.29. The summed E-state index contributed by atoms with van der Waals surface area (Å²) in [5.74, 6) is -0.744. The minimum absolute atomic E-state index is 0.309. The zero-order chi connectivity index (χ0) is 22.6. The van der Waals surface area contributed by atoms with Gasteiger partial charge in [0, 0.05) is 42.7 Å². The number of amides is 3. The summed E-state index contributed by atoms with van der Waals surface area (Å²) < 4.78 is 0. The number of nitrogens with one attached hydrogen (secondary N) is 2. The molecular weight excluding hydrogens is 426 g/mol. The first-order chi connectivity index (χ1) is 15.5. The van der Waals surface area contributed by atoms with Gasteiger partial charge in [0.1, 0.15) is 5.54 Å². The van der Waals surface area contributed by atoms with E-state index in [0.717, 1.165) is 61.8 Å². The van der Waals surface area contributed by atoms with Crippen molar-refractivity contribution in [2.45, 2.75) is 37.6 Å². The van der Waals surface area contributed by atoms with Crippen molar-refractivity contribution in [1.29, 1.82) is 0 Å². The number of nitrogens with zero attached hydrogens (tertiary/aromatic N) is 3. The molecular formula is C23H29N5O3S. The van der Waals surface area contributed by atoms with Gasteiger partial charge < -0.3 is 15.1 Å². The molecule has 2 heterocycles. The molecule has 2 N–H and O–H groups in total. The Bertz CT molecular complexity index is 960. The maximum absolute atomic E-state index is 12.9. The fourth-order valence-corrected chi connectivity index (χ4v) is 5.27. The lowest BCUT2D eigenvalue weighted by atomic mass is 9.80. The minimum Gasteiger partial charge on any atom is -0.346 e. The fraction of sp³-hybridized carbons (Fsp3) is 0.478. The predicted octanol–water partition coefficient (Wildman–Crippen LogP) is 2.27. The van der Waals surface area contributed by atoms with E-state index in [-0.39, 0.29) is 5.91 Å². The van der Waals surface area contributed by atoms with E-state index in [0.29, 0.717) is 24.8 Å². The quantitative estimate of drug-likeness (QED) is 0.649. The maximum Gasteiger partial charge on any atom is 0.252 e. The monoisotopic (exact) mass is 455 g/mol. The lowest BCUT2D eigenvalue weighted by molar-refractivity contribution is -0.131. The fourth-order valence-electron chi connectivity index (χ4n) is 4.38. The van der Waals surface area contributed by atoms with Crippen LogP contribution in [0.25, 0.3) is 11.3 Å². The normalized spacial score (nSPS) is 18.7. The highest BCUT2D eigenvalue weighted by Crippen LogP contribution is 2.30. The average Bonchev–Trinajstić information content (AvgIpc) is 3.31. The second kappa shape index (κ2) is 9.79. The van der Waals surface area contributed by atoms with Crippen molar-refractivity contribution in [1.82, 2.24) is 20.5 Å². The van der Waals surface area contributed by atoms with Crippen molar-refractivity contribution >= 4 is 34.7 Å². The van der Waals surface area contributed by atoms with Gasteiger partial charge in [0.05, 0.1) is 5.69 Å². The number of benzene rings is 1. The molecule has 0 radical (unpaired) electrons. The van der Waals surface area contributed by atoms with Crippen LogP contribution in [0.3, 0.4) is 0 Å². The van der Waals surface area contributed by atoms with Crippen LogP contribution in [0.5, 0.6) is 0 Å². The summed E-state index contributed by atoms with van der Waals surface area (Å²) in [6.07, 6.45) is 4.14. The van der Waals surface area contributed by atoms with Crippen LogP contribution in [0, 0.1) is 0 Å². The van der Waals surface area contributed by atoms with Crippen LogP contribution < -0.4 is 15.5 Å². The van der Waals surface area contributed by atoms with Gasteiger partial charge in [-0.3, -0.25) is 19.7 Å². The van der Waals surface area contributed by atoms with Gasteiger partial charge in [-0.15, -0.1) is 11.3 Å². The number of rotatable bonds is 6. The Kier molecular flexibility index (Phi) is 6.86. The number of carbonyl (C=O) groups is 3. The van der Waals surface area contributed by atoms with E-state index in [9.17, 15) is 14.4 Å². The van der Waals surface area contributed by atoms with Gasteiger partial charge in [0.15, 0.2) is 5.13 Å². The number of carbonyl (C=O) groups excluding carboxylic acids is 3. The molecule has 1 aliphatic carbocycles. The molecule has 9 heteroatoms. The van der Waals surface area contributed by atoms with Crippen LogP contribution in [-0.4, -0.2) is 66.9 Å². The van der Waals surface area contributed by atoms with Crippen LogP contribution in [-0.2, 0) is 9.59 Å². The van der Waals surface area contributed by atoms with Crippen molar-refractivity contribution < 1.29 is 14.4 Å². The Labute approximate surface area is 192 Å². The maximum atomic E-state index is 12.9. The van der Waals surface area contributed by atoms with E-state index in [1.807, 2.05) is 17.5 Å². The van der Waals surface area contributed by atoms with E-state index >= 15 is 0 Å². The van der Waals surface area contributed by atoms with Crippen LogP contribution in [0.15, 0.2) is 29.6 Å². The second-order valence-corrected chi connectivity index (χ2v) is 9.41. The lowest BCUT2D eigenvalue weighted by Crippen LogP contribution is -2.59. The van der Waals surface area contributed by atoms with Gasteiger partial charge in [-0.25, -0.2) is 4.98 Å². The Morgan fingerprint density at radius 3 is 2.41 bits per heavy atom. The molecule has 3 amide bonds. The smallest absolute Gasteiger partial charge is 0.252 e. The molecule has 1 aromatic carbocycles. The topological polar surface area (TPSA) is 94.6 Å². The molecule has 0 bridgehead atoms. The number of hydrogen-bond donors (Lipinski definition) is 2. The minimum atomic E-state index is -1.03. The van der Waals surface area contributed by atoms with Crippen LogP contribution in [0.2, 0.25) is 0 Å². The van der Waals surface area contributed by atoms with Crippen molar-refractivity contribution in [2.24, 2.45) is 0 Å². The first-order valence-corrected chi connectivity index (χ1v) is 12.0. The molecule has 0 spiro atoms. The van der Waals surface area contributed by atoms with E-state index in [4.69, 9.17) is 4.98 Å². The first-order valence-electron chi connectivity index (χ1n) is 11.1. The van der Waals surface area contributed by atoms with Crippen LogP contribution >= 0.6 is 11.3 Å². The summed E-state index contributed by atoms with van der Waals surface area (Å²) in [4.78, 5) is 45.6. The molecule has 2 aliphatic rings. The van der Waals surface area contributed by atoms with Crippen molar-refractivity contribution in [2.75, 3.05) is 38.1 Å². The number of thiazole rings is 1. The van der Waals surface area contributed by atoms with E-state index in [1.165, 1.54) is 0 Å². The molecule has 2 aromatic rings. The molecule has 2 fully saturated rings. The summed E-state index contributed by atoms with van der Waals surface area (Å²) >= 11 is 1.64. The van der Waals surface area contributed by atoms with Crippen molar-refractivity contribution in [3.05, 3.63) is 35.2 Å². The summed E-state index contributed by atoms with van der Waals surface area (Å²) in [5.41, 5.74) is 1.29. The Morgan fingerprint density at radius 2 is 1.75 bits per heavy atom. The SMILES string of the molecule is CN1CCN(c2nc(-c3ccc(C(=O)NC4(C(=O)NC=O)CCCCC4)cc3)cs2)CC1. The lowest BCUT2D eigenvalue weighted by Gasteiger charge is -2.36. The Morgan fingerprint density at radius 1 is 1.06 bits per heavy atom. The van der Waals surface area contributed by atoms with Gasteiger partial charge in [-0.1, -0.05) is 31.4 Å². The zero-order valence-electron chi connectivity index (χ0n) is 18.3. The number of hydrogen-bond acceptors (Lipinski definition) is 7. The molecule has 0 unspecified atom stereocenters. The molecule has 0 atom stereocenters. The molecule has 4 rings (SSSR count).